The fraction of sp³-hybridized carbons (Fsp3) is 0.632. The minimum Gasteiger partial charge on any atom is -0.466 e. The largest absolute Gasteiger partial charge is 0.466 e. The highest BCUT2D eigenvalue weighted by atomic mass is 16.6. The Morgan fingerprint density at radius 2 is 1.54 bits per heavy atom. The summed E-state index contributed by atoms with van der Waals surface area (Å²) in [4.78, 5) is 36.8. The first-order valence-electron chi connectivity index (χ1n) is 8.90. The molecule has 0 aromatic carbocycles. The lowest BCUT2D eigenvalue weighted by molar-refractivity contribution is -0.137. The lowest BCUT2D eigenvalue weighted by Crippen LogP contribution is -2.44. The van der Waals surface area contributed by atoms with Gasteiger partial charge in [0, 0.05) is 17.3 Å². The van der Waals surface area contributed by atoms with Crippen LogP contribution in [0.2, 0.25) is 0 Å². The number of esters is 2. The average Bonchev–Trinajstić information content (AvgIpc) is 2.58. The van der Waals surface area contributed by atoms with Crippen molar-refractivity contribution in [3.63, 3.8) is 0 Å². The predicted octanol–water partition coefficient (Wildman–Crippen LogP) is 1.38. The van der Waals surface area contributed by atoms with Gasteiger partial charge in [-0.3, -0.25) is 0 Å². The molecule has 0 saturated carbocycles. The molecule has 158 valence electrons. The Kier molecular flexibility index (Phi) is 8.04. The number of carbonyl (C=O) groups excluding carboxylic acids is 3. The Morgan fingerprint density at radius 3 is 1.89 bits per heavy atom. The van der Waals surface area contributed by atoms with Crippen LogP contribution in [-0.4, -0.2) is 55.6 Å². The molecule has 0 radical (unpaired) electrons. The number of amides is 1. The van der Waals surface area contributed by atoms with E-state index in [9.17, 15) is 19.5 Å². The number of ether oxygens (including phenoxy) is 3. The van der Waals surface area contributed by atoms with E-state index in [1.165, 1.54) is 14.2 Å². The van der Waals surface area contributed by atoms with E-state index in [1.54, 1.807) is 34.6 Å². The molecule has 0 unspecified atom stereocenters. The summed E-state index contributed by atoms with van der Waals surface area (Å²) in [7, 11) is 2.48. The van der Waals surface area contributed by atoms with Gasteiger partial charge in [0.15, 0.2) is 0 Å². The molecule has 1 amide bonds. The van der Waals surface area contributed by atoms with Crippen molar-refractivity contribution < 1.29 is 33.7 Å². The predicted molar refractivity (Wildman–Crippen MR) is 101 cm³/mol. The number of carbonyl (C=O) groups is 3. The molecule has 1 rings (SSSR count). The molecule has 1 aliphatic heterocycles. The molecule has 9 nitrogen and oxygen atoms in total. The molecule has 0 aromatic heterocycles. The molecule has 0 aliphatic carbocycles. The summed E-state index contributed by atoms with van der Waals surface area (Å²) in [6.45, 7) is 8.12. The van der Waals surface area contributed by atoms with Crippen LogP contribution in [0.25, 0.3) is 0 Å². The van der Waals surface area contributed by atoms with Crippen molar-refractivity contribution in [2.75, 3.05) is 20.8 Å². The van der Waals surface area contributed by atoms with Gasteiger partial charge in [-0.05, 0) is 41.0 Å². The van der Waals surface area contributed by atoms with E-state index < -0.39 is 42.2 Å². The van der Waals surface area contributed by atoms with Crippen LogP contribution in [0.1, 0.15) is 41.0 Å². The quantitative estimate of drug-likeness (QED) is 0.453. The van der Waals surface area contributed by atoms with Gasteiger partial charge in [0.1, 0.15) is 5.60 Å². The number of hydrogen-bond donors (Lipinski definition) is 3. The average molecular weight is 398 g/mol. The van der Waals surface area contributed by atoms with Crippen molar-refractivity contribution in [2.45, 2.75) is 52.7 Å². The first-order valence-corrected chi connectivity index (χ1v) is 8.90. The van der Waals surface area contributed by atoms with Crippen molar-refractivity contribution in [2.24, 2.45) is 5.92 Å². The van der Waals surface area contributed by atoms with Crippen molar-refractivity contribution in [3.8, 4) is 0 Å². The van der Waals surface area contributed by atoms with E-state index in [-0.39, 0.29) is 17.6 Å². The van der Waals surface area contributed by atoms with Gasteiger partial charge in [0.2, 0.25) is 0 Å². The summed E-state index contributed by atoms with van der Waals surface area (Å²) >= 11 is 0. The van der Waals surface area contributed by atoms with Crippen LogP contribution in [0.5, 0.6) is 0 Å². The lowest BCUT2D eigenvalue weighted by atomic mass is 9.81. The van der Waals surface area contributed by atoms with Crippen LogP contribution in [0, 0.1) is 5.92 Å². The van der Waals surface area contributed by atoms with Crippen LogP contribution in [0.15, 0.2) is 22.5 Å². The molecule has 28 heavy (non-hydrogen) atoms. The second kappa shape index (κ2) is 9.59. The van der Waals surface area contributed by atoms with E-state index in [4.69, 9.17) is 14.2 Å². The Balaban J connectivity index is 3.22. The molecular formula is C19H30N2O7. The van der Waals surface area contributed by atoms with Crippen molar-refractivity contribution in [1.29, 1.82) is 0 Å². The molecular weight excluding hydrogens is 368 g/mol. The summed E-state index contributed by atoms with van der Waals surface area (Å²) in [5.74, 6) is -1.97. The zero-order chi connectivity index (χ0) is 21.6. The summed E-state index contributed by atoms with van der Waals surface area (Å²) in [5, 5.41) is 15.3. The van der Waals surface area contributed by atoms with Gasteiger partial charge in [-0.1, -0.05) is 0 Å². The first-order chi connectivity index (χ1) is 12.9. The fourth-order valence-corrected chi connectivity index (χ4v) is 3.07. The normalized spacial score (nSPS) is 16.3. The van der Waals surface area contributed by atoms with Gasteiger partial charge in [-0.2, -0.15) is 0 Å². The van der Waals surface area contributed by atoms with Gasteiger partial charge in [-0.25, -0.2) is 14.4 Å². The minimum absolute atomic E-state index is 0.0704. The summed E-state index contributed by atoms with van der Waals surface area (Å²) in [6.07, 6.45) is -0.637. The lowest BCUT2D eigenvalue weighted by Gasteiger charge is -2.32. The third kappa shape index (κ3) is 5.98. The summed E-state index contributed by atoms with van der Waals surface area (Å²) in [6, 6.07) is -0.766. The molecule has 0 saturated heterocycles. The van der Waals surface area contributed by atoms with E-state index >= 15 is 0 Å². The van der Waals surface area contributed by atoms with Crippen LogP contribution >= 0.6 is 0 Å². The molecule has 1 heterocycles. The Hall–Kier alpha value is -2.55. The highest BCUT2D eigenvalue weighted by molar-refractivity contribution is 5.97. The summed E-state index contributed by atoms with van der Waals surface area (Å²) < 4.78 is 14.9. The first kappa shape index (κ1) is 23.5. The number of aliphatic hydroxyl groups is 1. The smallest absolute Gasteiger partial charge is 0.407 e. The van der Waals surface area contributed by atoms with E-state index in [0.29, 0.717) is 11.4 Å². The maximum Gasteiger partial charge on any atom is 0.407 e. The second-order valence-corrected chi connectivity index (χ2v) is 7.50. The van der Waals surface area contributed by atoms with Crippen molar-refractivity contribution in [3.05, 3.63) is 22.5 Å². The van der Waals surface area contributed by atoms with Gasteiger partial charge < -0.3 is 30.0 Å². The number of dihydropyridines is 1. The SMILES string of the molecule is COC(=O)C1=C(C)NC(C)=C(C(=O)OC)C1C[C@@H](CO)NC(=O)OC(C)(C)C. The number of aliphatic hydroxyl groups excluding tert-OH is 1. The highest BCUT2D eigenvalue weighted by Crippen LogP contribution is 2.34. The number of alkyl carbamates (subject to hydrolysis) is 1. The Bertz CT molecular complexity index is 651. The fourth-order valence-electron chi connectivity index (χ4n) is 3.07. The molecule has 1 atom stereocenters. The molecule has 1 aliphatic rings. The van der Waals surface area contributed by atoms with Crippen LogP contribution in [0.4, 0.5) is 4.79 Å². The van der Waals surface area contributed by atoms with Crippen molar-refractivity contribution >= 4 is 18.0 Å². The zero-order valence-electron chi connectivity index (χ0n) is 17.5. The molecule has 9 heteroatoms. The molecule has 3 N–H and O–H groups in total. The minimum atomic E-state index is -0.766. The van der Waals surface area contributed by atoms with E-state index in [0.717, 1.165) is 0 Å². The van der Waals surface area contributed by atoms with Crippen LogP contribution in [0.3, 0.4) is 0 Å². The standard InChI is InChI=1S/C19H30N2O7/c1-10-14(16(23)26-6)13(15(11(2)20-10)17(24)27-7)8-12(9-22)21-18(25)28-19(3,4)5/h12-13,20,22H,8-9H2,1-7H3,(H,21,25)/t12-/m0/s1. The molecule has 0 aromatic rings. The van der Waals surface area contributed by atoms with Gasteiger partial charge in [0.05, 0.1) is 38.0 Å². The van der Waals surface area contributed by atoms with E-state index in [1.807, 2.05) is 0 Å². The third-order valence-electron chi connectivity index (χ3n) is 4.15. The molecule has 0 spiro atoms. The third-order valence-corrected chi connectivity index (χ3v) is 4.15. The van der Waals surface area contributed by atoms with Crippen LogP contribution in [-0.2, 0) is 23.8 Å². The monoisotopic (exact) mass is 398 g/mol. The Morgan fingerprint density at radius 1 is 1.07 bits per heavy atom. The summed E-state index contributed by atoms with van der Waals surface area (Å²) in [5.41, 5.74) is 0.808. The molecule has 0 bridgehead atoms. The topological polar surface area (TPSA) is 123 Å². The number of allylic oxidation sites excluding steroid dienone is 2. The van der Waals surface area contributed by atoms with Crippen molar-refractivity contribution in [1.82, 2.24) is 10.6 Å². The second-order valence-electron chi connectivity index (χ2n) is 7.50. The number of rotatable bonds is 6. The zero-order valence-corrected chi connectivity index (χ0v) is 17.5. The number of methoxy groups -OCH3 is 2. The van der Waals surface area contributed by atoms with Gasteiger partial charge in [-0.15, -0.1) is 0 Å². The maximum absolute atomic E-state index is 12.4. The number of hydrogen-bond acceptors (Lipinski definition) is 8. The highest BCUT2D eigenvalue weighted by Gasteiger charge is 2.38. The Labute approximate surface area is 165 Å². The van der Waals surface area contributed by atoms with Crippen LogP contribution < -0.4 is 10.6 Å². The number of nitrogens with one attached hydrogen (secondary N) is 2. The van der Waals surface area contributed by atoms with Gasteiger partial charge in [0.25, 0.3) is 0 Å². The maximum atomic E-state index is 12.4. The van der Waals surface area contributed by atoms with Gasteiger partial charge >= 0.3 is 18.0 Å². The van der Waals surface area contributed by atoms with E-state index in [2.05, 4.69) is 10.6 Å². The molecule has 0 fully saturated rings.